The number of rotatable bonds is 7. The van der Waals surface area contributed by atoms with E-state index in [1.54, 1.807) is 19.1 Å². The zero-order valence-corrected chi connectivity index (χ0v) is 26.0. The molecule has 0 radical (unpaired) electrons. The van der Waals surface area contributed by atoms with Crippen molar-refractivity contribution >= 4 is 12.0 Å². The summed E-state index contributed by atoms with van der Waals surface area (Å²) in [7, 11) is 4.62. The van der Waals surface area contributed by atoms with Crippen molar-refractivity contribution in [3.8, 4) is 23.0 Å². The van der Waals surface area contributed by atoms with E-state index >= 15 is 0 Å². The van der Waals surface area contributed by atoms with E-state index in [1.165, 1.54) is 7.11 Å². The van der Waals surface area contributed by atoms with Crippen LogP contribution >= 0.6 is 0 Å². The molecule has 10 heteroatoms. The van der Waals surface area contributed by atoms with Crippen LogP contribution in [-0.4, -0.2) is 62.0 Å². The van der Waals surface area contributed by atoms with Crippen LogP contribution < -0.4 is 18.9 Å². The Hall–Kier alpha value is -4.70. The van der Waals surface area contributed by atoms with Gasteiger partial charge in [-0.3, -0.25) is 9.69 Å². The molecule has 3 aromatic rings. The summed E-state index contributed by atoms with van der Waals surface area (Å²) in [6.07, 6.45) is 3.80. The highest BCUT2D eigenvalue weighted by atomic mass is 16.7. The standard InChI is InChI=1S/C35H36N2O8/c1-19-13-22-14-27-34(38)36-25(11-12-26(36)30(37(27)35(39)42-5)29(22)24(17-40-3)31(19)41-4)23-15-28(20(2)32-33(23)45-18-44-32)43-16-21-9-7-6-8-10-21/h6-13,15,25-27,30H,14,16-18H2,1-5H3/t25-,26?,27?,30?/m0/s1. The van der Waals surface area contributed by atoms with Crippen molar-refractivity contribution in [3.05, 3.63) is 93.6 Å². The van der Waals surface area contributed by atoms with E-state index in [1.807, 2.05) is 67.3 Å². The van der Waals surface area contributed by atoms with Crippen LogP contribution in [0.3, 0.4) is 0 Å². The highest BCUT2D eigenvalue weighted by molar-refractivity contribution is 5.91. The van der Waals surface area contributed by atoms with Gasteiger partial charge in [0.2, 0.25) is 12.7 Å². The Morgan fingerprint density at radius 1 is 1.00 bits per heavy atom. The molecule has 234 valence electrons. The maximum Gasteiger partial charge on any atom is 0.410 e. The molecule has 4 atom stereocenters. The zero-order chi connectivity index (χ0) is 31.4. The average Bonchev–Trinajstić information content (AvgIpc) is 3.72. The number of nitrogens with zero attached hydrogens (tertiary/aromatic N) is 2. The first kappa shape index (κ1) is 29.0. The Morgan fingerprint density at radius 2 is 1.78 bits per heavy atom. The van der Waals surface area contributed by atoms with Crippen molar-refractivity contribution in [2.45, 2.75) is 57.6 Å². The van der Waals surface area contributed by atoms with Crippen LogP contribution in [0.2, 0.25) is 0 Å². The van der Waals surface area contributed by atoms with Crippen molar-refractivity contribution in [2.75, 3.05) is 28.1 Å². The highest BCUT2D eigenvalue weighted by Crippen LogP contribution is 2.54. The Labute approximate surface area is 262 Å². The second-order valence-electron chi connectivity index (χ2n) is 11.7. The maximum absolute atomic E-state index is 14.5. The lowest BCUT2D eigenvalue weighted by atomic mass is 9.78. The summed E-state index contributed by atoms with van der Waals surface area (Å²) in [6.45, 7) is 4.67. The molecule has 0 spiro atoms. The first-order valence-electron chi connectivity index (χ1n) is 15.0. The minimum Gasteiger partial charge on any atom is -0.496 e. The number of piperazine rings is 1. The molecule has 2 amide bonds. The van der Waals surface area contributed by atoms with Gasteiger partial charge in [-0.2, -0.15) is 0 Å². The lowest BCUT2D eigenvalue weighted by Gasteiger charge is -2.53. The Bertz CT molecular complexity index is 1700. The van der Waals surface area contributed by atoms with Crippen LogP contribution in [0.5, 0.6) is 23.0 Å². The van der Waals surface area contributed by atoms with Crippen LogP contribution in [0, 0.1) is 13.8 Å². The number of methoxy groups -OCH3 is 3. The lowest BCUT2D eigenvalue weighted by Crippen LogP contribution is -2.65. The number of amides is 2. The second-order valence-corrected chi connectivity index (χ2v) is 11.7. The van der Waals surface area contributed by atoms with E-state index in [-0.39, 0.29) is 19.3 Å². The SMILES string of the molecule is COCc1c(OC)c(C)cc2c1C1C3C=C[C@@H](c4cc(OCc5ccccc5)c(C)c5c4OCO5)N3C(=O)C(C2)N1C(=O)OC. The van der Waals surface area contributed by atoms with Gasteiger partial charge in [0.15, 0.2) is 11.5 Å². The van der Waals surface area contributed by atoms with Crippen LogP contribution in [0.4, 0.5) is 4.79 Å². The first-order valence-corrected chi connectivity index (χ1v) is 15.0. The molecule has 0 saturated carbocycles. The molecule has 1 fully saturated rings. The number of aryl methyl sites for hydroxylation is 1. The molecule has 1 saturated heterocycles. The number of ether oxygens (including phenoxy) is 6. The zero-order valence-electron chi connectivity index (χ0n) is 26.0. The summed E-state index contributed by atoms with van der Waals surface area (Å²) in [5, 5.41) is 0. The van der Waals surface area contributed by atoms with Gasteiger partial charge in [-0.25, -0.2) is 4.79 Å². The fraction of sp³-hybridized carbons (Fsp3) is 0.371. The minimum absolute atomic E-state index is 0.0768. The van der Waals surface area contributed by atoms with Crippen LogP contribution in [0.25, 0.3) is 0 Å². The third kappa shape index (κ3) is 4.49. The fourth-order valence-corrected chi connectivity index (χ4v) is 7.46. The van der Waals surface area contributed by atoms with Crippen LogP contribution in [-0.2, 0) is 33.9 Å². The third-order valence-electron chi connectivity index (χ3n) is 9.32. The van der Waals surface area contributed by atoms with Gasteiger partial charge < -0.3 is 33.3 Å². The monoisotopic (exact) mass is 612 g/mol. The Morgan fingerprint density at radius 3 is 2.51 bits per heavy atom. The molecule has 0 aliphatic carbocycles. The van der Waals surface area contributed by atoms with Gasteiger partial charge in [0, 0.05) is 30.2 Å². The minimum atomic E-state index is -0.749. The average molecular weight is 613 g/mol. The smallest absolute Gasteiger partial charge is 0.410 e. The summed E-state index contributed by atoms with van der Waals surface area (Å²) in [5.41, 5.74) is 6.39. The van der Waals surface area contributed by atoms with Gasteiger partial charge in [-0.05, 0) is 42.2 Å². The Kier molecular flexibility index (Phi) is 7.32. The summed E-state index contributed by atoms with van der Waals surface area (Å²) >= 11 is 0. The third-order valence-corrected chi connectivity index (χ3v) is 9.32. The molecule has 10 nitrogen and oxygen atoms in total. The molecule has 4 heterocycles. The molecular weight excluding hydrogens is 576 g/mol. The van der Waals surface area contributed by atoms with Crippen molar-refractivity contribution in [1.29, 1.82) is 0 Å². The van der Waals surface area contributed by atoms with Crippen molar-refractivity contribution in [2.24, 2.45) is 0 Å². The number of hydrogen-bond acceptors (Lipinski definition) is 8. The van der Waals surface area contributed by atoms with Crippen LogP contribution in [0.15, 0.2) is 54.6 Å². The predicted molar refractivity (Wildman–Crippen MR) is 164 cm³/mol. The van der Waals surface area contributed by atoms with Crippen molar-refractivity contribution < 1.29 is 38.0 Å². The topological polar surface area (TPSA) is 96.0 Å². The normalized spacial score (nSPS) is 22.3. The summed E-state index contributed by atoms with van der Waals surface area (Å²) in [5.74, 6) is 2.41. The van der Waals surface area contributed by atoms with Gasteiger partial charge >= 0.3 is 6.09 Å². The quantitative estimate of drug-likeness (QED) is 0.331. The molecule has 45 heavy (non-hydrogen) atoms. The molecule has 4 aliphatic heterocycles. The van der Waals surface area contributed by atoms with Gasteiger partial charge in [-0.1, -0.05) is 48.6 Å². The molecule has 4 aliphatic rings. The molecule has 7 rings (SSSR count). The number of hydrogen-bond donors (Lipinski definition) is 0. The Balaban J connectivity index is 1.33. The molecular formula is C35H36N2O8. The molecule has 3 unspecified atom stereocenters. The number of carbonyl (C=O) groups is 2. The van der Waals surface area contributed by atoms with Gasteiger partial charge in [0.05, 0.1) is 39.0 Å². The fourth-order valence-electron chi connectivity index (χ4n) is 7.46. The van der Waals surface area contributed by atoms with E-state index < -0.39 is 30.3 Å². The summed E-state index contributed by atoms with van der Waals surface area (Å²) in [4.78, 5) is 31.4. The van der Waals surface area contributed by atoms with Gasteiger partial charge in [-0.15, -0.1) is 0 Å². The van der Waals surface area contributed by atoms with E-state index in [4.69, 9.17) is 28.4 Å². The molecule has 2 bridgehead atoms. The predicted octanol–water partition coefficient (Wildman–Crippen LogP) is 5.32. The number of benzene rings is 3. The molecule has 0 aromatic heterocycles. The van der Waals surface area contributed by atoms with Crippen molar-refractivity contribution in [1.82, 2.24) is 9.80 Å². The first-order chi connectivity index (χ1) is 21.9. The molecule has 3 aromatic carbocycles. The lowest BCUT2D eigenvalue weighted by molar-refractivity contribution is -0.149. The highest BCUT2D eigenvalue weighted by Gasteiger charge is 2.57. The van der Waals surface area contributed by atoms with Crippen molar-refractivity contribution in [3.63, 3.8) is 0 Å². The maximum atomic E-state index is 14.5. The van der Waals surface area contributed by atoms with Gasteiger partial charge in [0.1, 0.15) is 24.1 Å². The number of carbonyl (C=O) groups excluding carboxylic acids is 2. The summed E-state index contributed by atoms with van der Waals surface area (Å²) in [6, 6.07) is 11.7. The van der Waals surface area contributed by atoms with Gasteiger partial charge in [0.25, 0.3) is 0 Å². The van der Waals surface area contributed by atoms with E-state index in [2.05, 4.69) is 6.07 Å². The van der Waals surface area contributed by atoms with E-state index in [9.17, 15) is 9.59 Å². The summed E-state index contributed by atoms with van der Waals surface area (Å²) < 4.78 is 35.0. The molecule has 0 N–H and O–H groups in total. The largest absolute Gasteiger partial charge is 0.496 e. The van der Waals surface area contributed by atoms with Crippen LogP contribution in [0.1, 0.15) is 51.0 Å². The second kappa shape index (κ2) is 11.3. The van der Waals surface area contributed by atoms with E-state index in [0.717, 1.165) is 38.9 Å². The van der Waals surface area contributed by atoms with E-state index in [0.29, 0.717) is 36.0 Å². The number of fused-ring (bicyclic) bond motifs is 7.